The van der Waals surface area contributed by atoms with Crippen LogP contribution in [0.3, 0.4) is 0 Å². The van der Waals surface area contributed by atoms with Crippen molar-refractivity contribution < 1.29 is 32.2 Å². The van der Waals surface area contributed by atoms with E-state index in [1.165, 1.54) is 0 Å². The molecule has 1 atom stereocenters. The molecule has 1 aromatic heterocycles. The highest BCUT2D eigenvalue weighted by Crippen LogP contribution is 2.35. The zero-order valence-corrected chi connectivity index (χ0v) is 9.16. The fraction of sp³-hybridized carbons (Fsp3) is 0.600. The molecule has 18 heavy (non-hydrogen) atoms. The summed E-state index contributed by atoms with van der Waals surface area (Å²) in [4.78, 5) is 13.9. The van der Waals surface area contributed by atoms with Gasteiger partial charge < -0.3 is 14.3 Å². The number of carbonyl (C=O) groups is 1. The van der Waals surface area contributed by atoms with Crippen LogP contribution in [0.4, 0.5) is 13.2 Å². The summed E-state index contributed by atoms with van der Waals surface area (Å²) < 4.78 is 47.6. The Labute approximate surface area is 99.6 Å². The van der Waals surface area contributed by atoms with Gasteiger partial charge in [0, 0.05) is 6.61 Å². The van der Waals surface area contributed by atoms with Gasteiger partial charge >= 0.3 is 12.1 Å². The van der Waals surface area contributed by atoms with Gasteiger partial charge in [-0.05, 0) is 19.3 Å². The van der Waals surface area contributed by atoms with Gasteiger partial charge in [-0.3, -0.25) is 0 Å². The Balaban J connectivity index is 2.35. The molecule has 2 heterocycles. The molecule has 0 amide bonds. The molecule has 0 radical (unpaired) electrons. The summed E-state index contributed by atoms with van der Waals surface area (Å²) in [6, 6.07) is 0. The van der Waals surface area contributed by atoms with Crippen molar-refractivity contribution in [1.29, 1.82) is 0 Å². The van der Waals surface area contributed by atoms with E-state index in [2.05, 4.69) is 9.40 Å². The number of halogens is 3. The number of hydrogen-bond acceptors (Lipinski definition) is 4. The molecule has 1 aliphatic heterocycles. The molecule has 1 aromatic rings. The molecule has 0 aromatic carbocycles. The van der Waals surface area contributed by atoms with E-state index in [1.807, 2.05) is 0 Å². The monoisotopic (exact) mass is 265 g/mol. The number of ether oxygens (including phenoxy) is 1. The third-order valence-electron chi connectivity index (χ3n) is 2.56. The Hall–Kier alpha value is -1.57. The standard InChI is InChI=1S/C10H10F3NO4/c11-10(12,13)7-6(9(15)16)18-8(14-7)5-3-1-2-4-17-5/h5H,1-4H2,(H,15,16). The lowest BCUT2D eigenvalue weighted by Gasteiger charge is -2.19. The molecule has 8 heteroatoms. The minimum Gasteiger partial charge on any atom is -0.475 e. The van der Waals surface area contributed by atoms with Crippen molar-refractivity contribution in [2.45, 2.75) is 31.5 Å². The molecular formula is C10H10F3NO4. The maximum atomic E-state index is 12.6. The quantitative estimate of drug-likeness (QED) is 0.889. The van der Waals surface area contributed by atoms with E-state index in [-0.39, 0.29) is 5.89 Å². The van der Waals surface area contributed by atoms with Crippen LogP contribution in [-0.2, 0) is 10.9 Å². The summed E-state index contributed by atoms with van der Waals surface area (Å²) in [6.45, 7) is 0.400. The number of hydrogen-bond donors (Lipinski definition) is 1. The molecule has 0 aliphatic carbocycles. The first-order valence-electron chi connectivity index (χ1n) is 5.32. The second kappa shape index (κ2) is 4.60. The van der Waals surface area contributed by atoms with Crippen molar-refractivity contribution in [3.8, 4) is 0 Å². The minimum absolute atomic E-state index is 0.320. The average Bonchev–Trinajstić information content (AvgIpc) is 2.74. The first-order valence-corrected chi connectivity index (χ1v) is 5.32. The molecule has 1 fully saturated rings. The second-order valence-corrected chi connectivity index (χ2v) is 3.89. The van der Waals surface area contributed by atoms with Crippen LogP contribution in [0.2, 0.25) is 0 Å². The topological polar surface area (TPSA) is 72.6 Å². The molecule has 1 saturated heterocycles. The Bertz CT molecular complexity index is 448. The van der Waals surface area contributed by atoms with E-state index in [0.29, 0.717) is 13.0 Å². The van der Waals surface area contributed by atoms with E-state index >= 15 is 0 Å². The summed E-state index contributed by atoms with van der Waals surface area (Å²) >= 11 is 0. The average molecular weight is 265 g/mol. The highest BCUT2D eigenvalue weighted by atomic mass is 19.4. The Morgan fingerprint density at radius 1 is 1.39 bits per heavy atom. The highest BCUT2D eigenvalue weighted by Gasteiger charge is 2.42. The molecule has 0 saturated carbocycles. The van der Waals surface area contributed by atoms with Crippen LogP contribution in [-0.4, -0.2) is 22.7 Å². The number of rotatable bonds is 2. The first kappa shape index (κ1) is 12.9. The van der Waals surface area contributed by atoms with E-state index < -0.39 is 29.7 Å². The van der Waals surface area contributed by atoms with Crippen LogP contribution in [0.5, 0.6) is 0 Å². The molecular weight excluding hydrogens is 255 g/mol. The largest absolute Gasteiger partial charge is 0.475 e. The summed E-state index contributed by atoms with van der Waals surface area (Å²) in [7, 11) is 0. The lowest BCUT2D eigenvalue weighted by atomic mass is 10.1. The summed E-state index contributed by atoms with van der Waals surface area (Å²) in [6.07, 6.45) is -3.50. The smallest absolute Gasteiger partial charge is 0.437 e. The minimum atomic E-state index is -4.86. The number of aromatic carboxylic acids is 1. The van der Waals surface area contributed by atoms with Crippen LogP contribution >= 0.6 is 0 Å². The maximum absolute atomic E-state index is 12.6. The Kier molecular flexibility index (Phi) is 3.29. The normalized spacial score (nSPS) is 20.9. The zero-order chi connectivity index (χ0) is 13.3. The number of oxazole rings is 1. The van der Waals surface area contributed by atoms with Crippen molar-refractivity contribution in [3.63, 3.8) is 0 Å². The van der Waals surface area contributed by atoms with Crippen molar-refractivity contribution in [1.82, 2.24) is 4.98 Å². The molecule has 1 N–H and O–H groups in total. The predicted octanol–water partition coefficient (Wildman–Crippen LogP) is 2.63. The number of nitrogens with zero attached hydrogens (tertiary/aromatic N) is 1. The lowest BCUT2D eigenvalue weighted by molar-refractivity contribution is -0.141. The van der Waals surface area contributed by atoms with Crippen LogP contribution in [0, 0.1) is 0 Å². The van der Waals surface area contributed by atoms with Gasteiger partial charge in [-0.15, -0.1) is 0 Å². The Morgan fingerprint density at radius 2 is 2.11 bits per heavy atom. The van der Waals surface area contributed by atoms with Gasteiger partial charge in [0.1, 0.15) is 6.10 Å². The summed E-state index contributed by atoms with van der Waals surface area (Å²) in [5.41, 5.74) is -1.51. The van der Waals surface area contributed by atoms with Crippen molar-refractivity contribution >= 4 is 5.97 Å². The molecule has 2 rings (SSSR count). The fourth-order valence-corrected chi connectivity index (χ4v) is 1.75. The summed E-state index contributed by atoms with van der Waals surface area (Å²) in [5.74, 6) is -3.30. The third kappa shape index (κ3) is 2.47. The van der Waals surface area contributed by atoms with Crippen LogP contribution < -0.4 is 0 Å². The molecule has 100 valence electrons. The number of carboxylic acids is 1. The van der Waals surface area contributed by atoms with Crippen LogP contribution in [0.15, 0.2) is 4.42 Å². The second-order valence-electron chi connectivity index (χ2n) is 3.89. The highest BCUT2D eigenvalue weighted by molar-refractivity contribution is 5.85. The molecule has 0 bridgehead atoms. The molecule has 1 unspecified atom stereocenters. The van der Waals surface area contributed by atoms with Gasteiger partial charge in [-0.2, -0.15) is 13.2 Å². The van der Waals surface area contributed by atoms with Crippen LogP contribution in [0.1, 0.15) is 47.5 Å². The van der Waals surface area contributed by atoms with Crippen molar-refractivity contribution in [2.24, 2.45) is 0 Å². The number of aromatic nitrogens is 1. The van der Waals surface area contributed by atoms with E-state index in [4.69, 9.17) is 9.84 Å². The predicted molar refractivity (Wildman–Crippen MR) is 51.0 cm³/mol. The zero-order valence-electron chi connectivity index (χ0n) is 9.16. The number of carboxylic acid groups (broad SMARTS) is 1. The lowest BCUT2D eigenvalue weighted by Crippen LogP contribution is -2.13. The maximum Gasteiger partial charge on any atom is 0.437 e. The molecule has 0 spiro atoms. The van der Waals surface area contributed by atoms with Gasteiger partial charge in [0.2, 0.25) is 11.7 Å². The fourth-order valence-electron chi connectivity index (χ4n) is 1.75. The molecule has 1 aliphatic rings. The van der Waals surface area contributed by atoms with Gasteiger partial charge in [0.15, 0.2) is 5.69 Å². The Morgan fingerprint density at radius 3 is 2.56 bits per heavy atom. The van der Waals surface area contributed by atoms with E-state index in [0.717, 1.165) is 12.8 Å². The van der Waals surface area contributed by atoms with Crippen LogP contribution in [0.25, 0.3) is 0 Å². The van der Waals surface area contributed by atoms with Gasteiger partial charge in [0.25, 0.3) is 0 Å². The van der Waals surface area contributed by atoms with Gasteiger partial charge in [-0.25, -0.2) is 9.78 Å². The number of alkyl halides is 3. The molecule has 5 nitrogen and oxygen atoms in total. The van der Waals surface area contributed by atoms with Crippen molar-refractivity contribution in [3.05, 3.63) is 17.3 Å². The van der Waals surface area contributed by atoms with Crippen molar-refractivity contribution in [2.75, 3.05) is 6.61 Å². The summed E-state index contributed by atoms with van der Waals surface area (Å²) in [5, 5.41) is 8.67. The SMILES string of the molecule is O=C(O)c1oc(C2CCCCO2)nc1C(F)(F)F. The van der Waals surface area contributed by atoms with E-state index in [1.54, 1.807) is 0 Å². The van der Waals surface area contributed by atoms with Gasteiger partial charge in [0.05, 0.1) is 0 Å². The third-order valence-corrected chi connectivity index (χ3v) is 2.56. The van der Waals surface area contributed by atoms with Gasteiger partial charge in [-0.1, -0.05) is 0 Å². The first-order chi connectivity index (χ1) is 8.39. The van der Waals surface area contributed by atoms with E-state index in [9.17, 15) is 18.0 Å².